The van der Waals surface area contributed by atoms with Crippen molar-refractivity contribution in [3.05, 3.63) is 47.8 Å². The minimum atomic E-state index is 0.216. The zero-order chi connectivity index (χ0) is 19.9. The topological polar surface area (TPSA) is 53.8 Å². The van der Waals surface area contributed by atoms with Gasteiger partial charge in [0.05, 0.1) is 12.8 Å². The van der Waals surface area contributed by atoms with Crippen molar-refractivity contribution in [2.75, 3.05) is 32.8 Å². The molecule has 1 aromatic carbocycles. The maximum Gasteiger partial charge on any atom is 0.123 e. The molecule has 0 radical (unpaired) electrons. The molecule has 6 nitrogen and oxygen atoms in total. The molecule has 0 aliphatic carbocycles. The van der Waals surface area contributed by atoms with Crippen molar-refractivity contribution in [1.82, 2.24) is 19.6 Å². The average molecular weight is 387 g/mol. The first-order valence-electron chi connectivity index (χ1n) is 10.4. The third-order valence-electron chi connectivity index (χ3n) is 5.39. The van der Waals surface area contributed by atoms with E-state index in [0.29, 0.717) is 18.7 Å². The van der Waals surface area contributed by atoms with Crippen molar-refractivity contribution in [3.63, 3.8) is 0 Å². The molecule has 0 saturated carbocycles. The van der Waals surface area contributed by atoms with Gasteiger partial charge in [-0.1, -0.05) is 18.2 Å². The van der Waals surface area contributed by atoms with Crippen molar-refractivity contribution in [1.29, 1.82) is 0 Å². The number of para-hydroxylation sites is 1. The predicted octanol–water partition coefficient (Wildman–Crippen LogP) is 2.93. The summed E-state index contributed by atoms with van der Waals surface area (Å²) in [5.41, 5.74) is 2.48. The molecule has 1 aliphatic rings. The largest absolute Gasteiger partial charge is 0.494 e. The number of hydrogen-bond acceptors (Lipinski definition) is 5. The lowest BCUT2D eigenvalue weighted by Gasteiger charge is -2.41. The highest BCUT2D eigenvalue weighted by Crippen LogP contribution is 2.24. The Kier molecular flexibility index (Phi) is 7.48. The third kappa shape index (κ3) is 5.34. The minimum absolute atomic E-state index is 0.216. The first-order valence-corrected chi connectivity index (χ1v) is 10.4. The Labute approximate surface area is 168 Å². The second-order valence-electron chi connectivity index (χ2n) is 7.83. The number of rotatable bonds is 9. The molecule has 6 heteroatoms. The molecule has 0 spiro atoms. The van der Waals surface area contributed by atoms with E-state index in [1.807, 2.05) is 29.9 Å². The molecule has 0 bridgehead atoms. The molecule has 154 valence electrons. The van der Waals surface area contributed by atoms with Gasteiger partial charge < -0.3 is 9.84 Å². The number of hydrogen-bond donors (Lipinski definition) is 1. The van der Waals surface area contributed by atoms with Crippen LogP contribution in [-0.4, -0.2) is 63.6 Å². The smallest absolute Gasteiger partial charge is 0.123 e. The van der Waals surface area contributed by atoms with Crippen LogP contribution in [0.15, 0.2) is 36.7 Å². The van der Waals surface area contributed by atoms with E-state index in [4.69, 9.17) is 4.74 Å². The summed E-state index contributed by atoms with van der Waals surface area (Å²) in [6.45, 7) is 11.9. The lowest BCUT2D eigenvalue weighted by molar-refractivity contribution is 0.0494. The third-order valence-corrected chi connectivity index (χ3v) is 5.39. The molecule has 1 aromatic heterocycles. The van der Waals surface area contributed by atoms with Crippen LogP contribution in [0.4, 0.5) is 0 Å². The number of benzene rings is 1. The fourth-order valence-corrected chi connectivity index (χ4v) is 3.88. The zero-order valence-electron chi connectivity index (χ0n) is 17.4. The van der Waals surface area contributed by atoms with Crippen molar-refractivity contribution >= 4 is 0 Å². The van der Waals surface area contributed by atoms with Gasteiger partial charge in [-0.15, -0.1) is 0 Å². The molecule has 1 N–H and O–H groups in total. The van der Waals surface area contributed by atoms with Crippen LogP contribution in [0.25, 0.3) is 0 Å². The minimum Gasteiger partial charge on any atom is -0.494 e. The highest BCUT2D eigenvalue weighted by molar-refractivity contribution is 5.33. The molecule has 1 atom stereocenters. The van der Waals surface area contributed by atoms with E-state index in [2.05, 4.69) is 47.1 Å². The second-order valence-corrected chi connectivity index (χ2v) is 7.83. The lowest BCUT2D eigenvalue weighted by Crippen LogP contribution is -2.52. The maximum atomic E-state index is 9.60. The maximum absolute atomic E-state index is 9.60. The van der Waals surface area contributed by atoms with Crippen molar-refractivity contribution < 1.29 is 9.84 Å². The molecule has 2 heterocycles. The molecule has 1 saturated heterocycles. The fraction of sp³-hybridized carbons (Fsp3) is 0.591. The van der Waals surface area contributed by atoms with Crippen LogP contribution in [0.5, 0.6) is 5.75 Å². The van der Waals surface area contributed by atoms with Crippen LogP contribution in [0.1, 0.15) is 44.4 Å². The normalized spacial score (nSPS) is 18.7. The first-order chi connectivity index (χ1) is 13.6. The monoisotopic (exact) mass is 386 g/mol. The van der Waals surface area contributed by atoms with Gasteiger partial charge in [-0.3, -0.25) is 14.5 Å². The highest BCUT2D eigenvalue weighted by atomic mass is 16.5. The van der Waals surface area contributed by atoms with E-state index in [9.17, 15) is 5.11 Å². The summed E-state index contributed by atoms with van der Waals surface area (Å²) in [7, 11) is 0. The summed E-state index contributed by atoms with van der Waals surface area (Å²) in [4.78, 5) is 4.97. The summed E-state index contributed by atoms with van der Waals surface area (Å²) < 4.78 is 7.82. The van der Waals surface area contributed by atoms with E-state index in [-0.39, 0.29) is 6.61 Å². The van der Waals surface area contributed by atoms with E-state index in [1.54, 1.807) is 0 Å². The summed E-state index contributed by atoms with van der Waals surface area (Å²) >= 11 is 0. The van der Waals surface area contributed by atoms with Gasteiger partial charge in [0, 0.05) is 68.7 Å². The zero-order valence-corrected chi connectivity index (χ0v) is 17.4. The van der Waals surface area contributed by atoms with Gasteiger partial charge >= 0.3 is 0 Å². The SMILES string of the molecule is CCOc1ccccc1CN1CCN(Cc2cnn(C(C)C)c2)CC1CCO. The number of piperazine rings is 1. The number of ether oxygens (including phenoxy) is 1. The van der Waals surface area contributed by atoms with Crippen molar-refractivity contribution in [3.8, 4) is 5.75 Å². The van der Waals surface area contributed by atoms with Gasteiger partial charge in [0.1, 0.15) is 5.75 Å². The van der Waals surface area contributed by atoms with E-state index < -0.39 is 0 Å². The summed E-state index contributed by atoms with van der Waals surface area (Å²) in [5, 5.41) is 14.1. The number of aliphatic hydroxyl groups is 1. The number of nitrogens with zero attached hydrogens (tertiary/aromatic N) is 4. The highest BCUT2D eigenvalue weighted by Gasteiger charge is 2.27. The molecular formula is C22H34N4O2. The molecular weight excluding hydrogens is 352 g/mol. The van der Waals surface area contributed by atoms with Crippen molar-refractivity contribution in [2.24, 2.45) is 0 Å². The Morgan fingerprint density at radius 1 is 1.21 bits per heavy atom. The van der Waals surface area contributed by atoms with Crippen LogP contribution < -0.4 is 4.74 Å². The second kappa shape index (κ2) is 10.0. The number of aromatic nitrogens is 2. The van der Waals surface area contributed by atoms with Crippen molar-refractivity contribution in [2.45, 2.75) is 52.4 Å². The van der Waals surface area contributed by atoms with Crippen LogP contribution in [0.2, 0.25) is 0 Å². The van der Waals surface area contributed by atoms with Crippen LogP contribution in [0, 0.1) is 0 Å². The summed E-state index contributed by atoms with van der Waals surface area (Å²) in [6.07, 6.45) is 4.92. The van der Waals surface area contributed by atoms with E-state index >= 15 is 0 Å². The Morgan fingerprint density at radius 2 is 2.04 bits per heavy atom. The van der Waals surface area contributed by atoms with Crippen LogP contribution in [-0.2, 0) is 13.1 Å². The van der Waals surface area contributed by atoms with Gasteiger partial charge in [-0.25, -0.2) is 0 Å². The quantitative estimate of drug-likeness (QED) is 0.718. The summed E-state index contributed by atoms with van der Waals surface area (Å²) in [6, 6.07) is 9.01. The van der Waals surface area contributed by atoms with Gasteiger partial charge in [0.2, 0.25) is 0 Å². The number of aliphatic hydroxyl groups excluding tert-OH is 1. The molecule has 3 rings (SSSR count). The molecule has 28 heavy (non-hydrogen) atoms. The molecule has 2 aromatic rings. The Morgan fingerprint density at radius 3 is 2.75 bits per heavy atom. The molecule has 0 amide bonds. The molecule has 1 fully saturated rings. The Balaban J connectivity index is 1.64. The molecule has 1 aliphatic heterocycles. The average Bonchev–Trinajstić information content (AvgIpc) is 3.15. The van der Waals surface area contributed by atoms with E-state index in [1.165, 1.54) is 11.1 Å². The van der Waals surface area contributed by atoms with Gasteiger partial charge in [0.15, 0.2) is 0 Å². The van der Waals surface area contributed by atoms with Crippen LogP contribution >= 0.6 is 0 Å². The van der Waals surface area contributed by atoms with E-state index in [0.717, 1.165) is 44.9 Å². The summed E-state index contributed by atoms with van der Waals surface area (Å²) in [5.74, 6) is 0.969. The lowest BCUT2D eigenvalue weighted by atomic mass is 10.1. The van der Waals surface area contributed by atoms with Gasteiger partial charge in [-0.2, -0.15) is 5.10 Å². The molecule has 1 unspecified atom stereocenters. The fourth-order valence-electron chi connectivity index (χ4n) is 3.88. The predicted molar refractivity (Wildman–Crippen MR) is 111 cm³/mol. The standard InChI is InChI=1S/C22H34N4O2/c1-4-28-22-8-6-5-7-20(22)16-25-11-10-24(17-21(25)9-12-27)14-19-13-23-26(15-19)18(2)3/h5-8,13,15,18,21,27H,4,9-12,14,16-17H2,1-3H3. The Bertz CT molecular complexity index is 731. The van der Waals surface area contributed by atoms with Gasteiger partial charge in [0.25, 0.3) is 0 Å². The van der Waals surface area contributed by atoms with Crippen LogP contribution in [0.3, 0.4) is 0 Å². The first kappa shape index (κ1) is 20.8. The van der Waals surface area contributed by atoms with Gasteiger partial charge in [-0.05, 0) is 33.3 Å². The Hall–Kier alpha value is -1.89.